The first-order valence-electron chi connectivity index (χ1n) is 2.07. The molecule has 2 heteroatoms. The van der Waals surface area contributed by atoms with E-state index in [1.165, 1.54) is 6.08 Å². The lowest BCUT2D eigenvalue weighted by atomic mass is 10.6. The molecule has 0 fully saturated rings. The van der Waals surface area contributed by atoms with E-state index in [-0.39, 0.29) is 13.5 Å². The minimum Gasteiger partial charge on any atom is -0.197 e. The average Bonchev–Trinajstić information content (AvgIpc) is 1.88. The summed E-state index contributed by atoms with van der Waals surface area (Å²) in [4.78, 5) is 0. The van der Waals surface area contributed by atoms with Crippen molar-refractivity contribution in [3.8, 4) is 6.07 Å². The normalized spacial score (nSPS) is 3.89. The van der Waals surface area contributed by atoms with Crippen LogP contribution in [0.2, 0.25) is 0 Å². The number of nitrogens with zero attached hydrogens (tertiary/aromatic N) is 1. The maximum atomic E-state index is 7.51. The molecule has 0 atom stereocenters. The third-order valence-corrected chi connectivity index (χ3v) is 0.258. The molecule has 0 radical (unpaired) electrons. The molecular formula is C7H11NS. The van der Waals surface area contributed by atoms with Gasteiger partial charge in [0.15, 0.2) is 0 Å². The topological polar surface area (TPSA) is 23.8 Å². The largest absolute Gasteiger partial charge is 0.197 e. The molecule has 0 unspecified atom stereocenters. The van der Waals surface area contributed by atoms with Crippen LogP contribution in [0, 0.1) is 11.3 Å². The van der Waals surface area contributed by atoms with Gasteiger partial charge in [-0.15, -0.1) is 0 Å². The van der Waals surface area contributed by atoms with E-state index < -0.39 is 0 Å². The summed E-state index contributed by atoms with van der Waals surface area (Å²) in [6.45, 7) is 9.84. The van der Waals surface area contributed by atoms with Crippen LogP contribution in [0.25, 0.3) is 0 Å². The van der Waals surface area contributed by atoms with Gasteiger partial charge < -0.3 is 0 Å². The Hall–Kier alpha value is -0.940. The number of allylic oxidation sites excluding steroid dienone is 3. The zero-order valence-corrected chi connectivity index (χ0v) is 6.30. The minimum atomic E-state index is 0. The van der Waals surface area contributed by atoms with Crippen molar-refractivity contribution in [3.05, 3.63) is 38.0 Å². The second-order valence-electron chi connectivity index (χ2n) is 0.805. The monoisotopic (exact) mass is 141 g/mol. The quantitative estimate of drug-likeness (QED) is 0.405. The van der Waals surface area contributed by atoms with Crippen LogP contribution in [0.1, 0.15) is 0 Å². The van der Waals surface area contributed by atoms with E-state index in [4.69, 9.17) is 5.26 Å². The van der Waals surface area contributed by atoms with Crippen molar-refractivity contribution < 1.29 is 0 Å². The van der Waals surface area contributed by atoms with Gasteiger partial charge in [0.05, 0.1) is 6.07 Å². The second kappa shape index (κ2) is 27.7. The summed E-state index contributed by atoms with van der Waals surface area (Å²) >= 11 is 0. The molecule has 1 nitrogen and oxygen atoms in total. The van der Waals surface area contributed by atoms with Gasteiger partial charge in [-0.05, 0) is 0 Å². The fourth-order valence-electron chi connectivity index (χ4n) is 0. The van der Waals surface area contributed by atoms with Gasteiger partial charge in [0.1, 0.15) is 0 Å². The molecule has 0 heterocycles. The Balaban J connectivity index is -0.0000000720. The van der Waals surface area contributed by atoms with Gasteiger partial charge in [0, 0.05) is 6.08 Å². The van der Waals surface area contributed by atoms with Crippen LogP contribution in [-0.2, 0) is 0 Å². The second-order valence-corrected chi connectivity index (χ2v) is 0.805. The zero-order valence-electron chi connectivity index (χ0n) is 5.30. The molecule has 0 aromatic heterocycles. The van der Waals surface area contributed by atoms with Gasteiger partial charge in [-0.2, -0.15) is 18.8 Å². The molecule has 0 rings (SSSR count). The van der Waals surface area contributed by atoms with Crippen LogP contribution >= 0.6 is 13.5 Å². The van der Waals surface area contributed by atoms with Crippen molar-refractivity contribution in [1.29, 1.82) is 5.26 Å². The summed E-state index contributed by atoms with van der Waals surface area (Å²) < 4.78 is 0. The van der Waals surface area contributed by atoms with E-state index in [1.54, 1.807) is 18.2 Å². The van der Waals surface area contributed by atoms with E-state index in [9.17, 15) is 0 Å². The van der Waals surface area contributed by atoms with Gasteiger partial charge >= 0.3 is 0 Å². The minimum absolute atomic E-state index is 0. The summed E-state index contributed by atoms with van der Waals surface area (Å²) in [5.74, 6) is 0. The summed E-state index contributed by atoms with van der Waals surface area (Å²) in [6, 6.07) is 1.69. The molecule has 50 valence electrons. The standard InChI is InChI=1S/C4H6.C3H3N.H2S/c1-3-4-2;1-2-3-4;/h3-4H,1-2H2;2H,1H2;1H2. The lowest BCUT2D eigenvalue weighted by Gasteiger charge is -1.44. The van der Waals surface area contributed by atoms with Crippen molar-refractivity contribution in [3.63, 3.8) is 0 Å². The van der Waals surface area contributed by atoms with Gasteiger partial charge in [-0.1, -0.05) is 31.9 Å². The fraction of sp³-hybridized carbons (Fsp3) is 0. The van der Waals surface area contributed by atoms with Gasteiger partial charge in [0.2, 0.25) is 0 Å². The average molecular weight is 141 g/mol. The van der Waals surface area contributed by atoms with Crippen molar-refractivity contribution >= 4 is 13.5 Å². The molecule has 0 N–H and O–H groups in total. The first kappa shape index (κ1) is 15.7. The van der Waals surface area contributed by atoms with Crippen LogP contribution in [-0.4, -0.2) is 0 Å². The number of nitriles is 1. The predicted molar refractivity (Wildman–Crippen MR) is 46.6 cm³/mol. The molecule has 0 saturated carbocycles. The molecule has 0 amide bonds. The van der Waals surface area contributed by atoms with E-state index in [1.807, 2.05) is 0 Å². The van der Waals surface area contributed by atoms with Crippen molar-refractivity contribution in [2.24, 2.45) is 0 Å². The molecule has 0 bridgehead atoms. The molecular weight excluding hydrogens is 130 g/mol. The molecule has 0 aliphatic rings. The van der Waals surface area contributed by atoms with E-state index in [0.29, 0.717) is 0 Å². The van der Waals surface area contributed by atoms with Crippen LogP contribution < -0.4 is 0 Å². The van der Waals surface area contributed by atoms with Crippen LogP contribution in [0.5, 0.6) is 0 Å². The highest BCUT2D eigenvalue weighted by Gasteiger charge is 1.34. The van der Waals surface area contributed by atoms with Crippen molar-refractivity contribution in [2.75, 3.05) is 0 Å². The Morgan fingerprint density at radius 3 is 1.33 bits per heavy atom. The third kappa shape index (κ3) is 161. The van der Waals surface area contributed by atoms with Crippen molar-refractivity contribution in [2.45, 2.75) is 0 Å². The van der Waals surface area contributed by atoms with E-state index in [2.05, 4.69) is 19.7 Å². The molecule has 0 aliphatic heterocycles. The molecule has 0 aromatic rings. The van der Waals surface area contributed by atoms with Crippen LogP contribution in [0.4, 0.5) is 0 Å². The summed E-state index contributed by atoms with van der Waals surface area (Å²) in [5, 5.41) is 7.51. The van der Waals surface area contributed by atoms with Crippen LogP contribution in [0.15, 0.2) is 38.0 Å². The Morgan fingerprint density at radius 1 is 1.11 bits per heavy atom. The molecule has 0 spiro atoms. The summed E-state index contributed by atoms with van der Waals surface area (Å²) in [6.07, 6.45) is 4.46. The molecule has 0 saturated heterocycles. The lowest BCUT2D eigenvalue weighted by Crippen LogP contribution is -1.23. The van der Waals surface area contributed by atoms with E-state index >= 15 is 0 Å². The number of hydrogen-bond acceptors (Lipinski definition) is 1. The number of hydrogen-bond donors (Lipinski definition) is 0. The highest BCUT2D eigenvalue weighted by atomic mass is 32.1. The van der Waals surface area contributed by atoms with Gasteiger partial charge in [-0.3, -0.25) is 0 Å². The highest BCUT2D eigenvalue weighted by Crippen LogP contribution is 1.52. The fourth-order valence-corrected chi connectivity index (χ4v) is 0. The molecule has 0 aliphatic carbocycles. The Kier molecular flexibility index (Phi) is 48.3. The Labute approximate surface area is 63.5 Å². The SMILES string of the molecule is C=CC#N.C=CC=C.S. The maximum Gasteiger partial charge on any atom is 0.0905 e. The van der Waals surface area contributed by atoms with Gasteiger partial charge in [0.25, 0.3) is 0 Å². The van der Waals surface area contributed by atoms with Crippen LogP contribution in [0.3, 0.4) is 0 Å². The smallest absolute Gasteiger partial charge is 0.0905 e. The zero-order chi connectivity index (χ0) is 6.83. The van der Waals surface area contributed by atoms with E-state index in [0.717, 1.165) is 0 Å². The molecule has 9 heavy (non-hydrogen) atoms. The lowest BCUT2D eigenvalue weighted by molar-refractivity contribution is 1.54. The highest BCUT2D eigenvalue weighted by molar-refractivity contribution is 7.59. The summed E-state index contributed by atoms with van der Waals surface area (Å²) in [5.41, 5.74) is 0. The van der Waals surface area contributed by atoms with Gasteiger partial charge in [-0.25, -0.2) is 0 Å². The molecule has 0 aromatic carbocycles. The number of rotatable bonds is 1. The predicted octanol–water partition coefficient (Wildman–Crippen LogP) is 2.17. The maximum absolute atomic E-state index is 7.51. The first-order chi connectivity index (χ1) is 3.83. The Bertz CT molecular complexity index is 105. The first-order valence-corrected chi connectivity index (χ1v) is 2.07. The Morgan fingerprint density at radius 2 is 1.33 bits per heavy atom. The van der Waals surface area contributed by atoms with Crippen molar-refractivity contribution in [1.82, 2.24) is 0 Å². The third-order valence-electron chi connectivity index (χ3n) is 0.258. The summed E-state index contributed by atoms with van der Waals surface area (Å²) in [7, 11) is 0.